The molecule has 1 atom stereocenters. The van der Waals surface area contributed by atoms with Crippen molar-refractivity contribution in [1.82, 2.24) is 9.78 Å². The monoisotopic (exact) mass is 195 g/mol. The van der Waals surface area contributed by atoms with E-state index < -0.39 is 0 Å². The van der Waals surface area contributed by atoms with Crippen molar-refractivity contribution in [3.8, 4) is 0 Å². The quantitative estimate of drug-likeness (QED) is 0.788. The first-order valence-electron chi connectivity index (χ1n) is 5.22. The van der Waals surface area contributed by atoms with Crippen molar-refractivity contribution in [2.24, 2.45) is 5.92 Å². The van der Waals surface area contributed by atoms with Gasteiger partial charge in [-0.15, -0.1) is 0 Å². The van der Waals surface area contributed by atoms with Crippen LogP contribution in [-0.4, -0.2) is 29.5 Å². The number of anilines is 1. The minimum absolute atomic E-state index is 0.667. The van der Waals surface area contributed by atoms with E-state index in [1.165, 1.54) is 6.42 Å². The summed E-state index contributed by atoms with van der Waals surface area (Å²) in [5, 5.41) is 7.58. The Morgan fingerprint density at radius 3 is 3.29 bits per heavy atom. The van der Waals surface area contributed by atoms with Gasteiger partial charge in [-0.1, -0.05) is 0 Å². The lowest BCUT2D eigenvalue weighted by atomic mass is 10.1. The van der Waals surface area contributed by atoms with Gasteiger partial charge < -0.3 is 10.1 Å². The molecule has 1 aromatic heterocycles. The Bertz CT molecular complexity index is 279. The van der Waals surface area contributed by atoms with Crippen LogP contribution in [0.1, 0.15) is 13.3 Å². The van der Waals surface area contributed by atoms with Crippen LogP contribution in [0.15, 0.2) is 12.4 Å². The van der Waals surface area contributed by atoms with Crippen LogP contribution < -0.4 is 5.32 Å². The Kier molecular flexibility index (Phi) is 3.03. The van der Waals surface area contributed by atoms with E-state index in [-0.39, 0.29) is 0 Å². The second-order valence-corrected chi connectivity index (χ2v) is 3.70. The molecule has 1 fully saturated rings. The number of rotatable bonds is 4. The zero-order chi connectivity index (χ0) is 9.80. The fourth-order valence-electron chi connectivity index (χ4n) is 1.63. The van der Waals surface area contributed by atoms with Crippen LogP contribution in [0.5, 0.6) is 0 Å². The molecule has 0 amide bonds. The Balaban J connectivity index is 1.79. The molecule has 1 saturated heterocycles. The number of ether oxygens (including phenoxy) is 1. The van der Waals surface area contributed by atoms with Gasteiger partial charge in [0.2, 0.25) is 0 Å². The fraction of sp³-hybridized carbons (Fsp3) is 0.700. The van der Waals surface area contributed by atoms with Gasteiger partial charge in [-0.05, 0) is 13.3 Å². The normalized spacial score (nSPS) is 21.4. The smallest absolute Gasteiger partial charge is 0.0726 e. The van der Waals surface area contributed by atoms with E-state index in [1.807, 2.05) is 17.1 Å². The first-order chi connectivity index (χ1) is 6.88. The molecule has 0 spiro atoms. The highest BCUT2D eigenvalue weighted by atomic mass is 16.5. The van der Waals surface area contributed by atoms with Crippen molar-refractivity contribution in [3.63, 3.8) is 0 Å². The van der Waals surface area contributed by atoms with Gasteiger partial charge >= 0.3 is 0 Å². The summed E-state index contributed by atoms with van der Waals surface area (Å²) in [5.74, 6) is 0.667. The third-order valence-electron chi connectivity index (χ3n) is 2.58. The van der Waals surface area contributed by atoms with Gasteiger partial charge in [0.15, 0.2) is 0 Å². The zero-order valence-electron chi connectivity index (χ0n) is 8.57. The molecule has 4 nitrogen and oxygen atoms in total. The van der Waals surface area contributed by atoms with E-state index in [0.717, 1.165) is 32.0 Å². The van der Waals surface area contributed by atoms with E-state index in [1.54, 1.807) is 0 Å². The average molecular weight is 195 g/mol. The van der Waals surface area contributed by atoms with Gasteiger partial charge in [-0.3, -0.25) is 4.68 Å². The third kappa shape index (κ3) is 2.26. The Morgan fingerprint density at radius 1 is 1.71 bits per heavy atom. The zero-order valence-corrected chi connectivity index (χ0v) is 8.57. The van der Waals surface area contributed by atoms with Crippen molar-refractivity contribution in [2.75, 3.05) is 25.1 Å². The topological polar surface area (TPSA) is 39.1 Å². The molecule has 0 radical (unpaired) electrons. The van der Waals surface area contributed by atoms with Crippen molar-refractivity contribution in [2.45, 2.75) is 19.9 Å². The highest BCUT2D eigenvalue weighted by Gasteiger charge is 2.14. The van der Waals surface area contributed by atoms with Gasteiger partial charge in [-0.2, -0.15) is 5.10 Å². The average Bonchev–Trinajstić information content (AvgIpc) is 2.86. The maximum Gasteiger partial charge on any atom is 0.0726 e. The van der Waals surface area contributed by atoms with Crippen molar-refractivity contribution < 1.29 is 4.74 Å². The number of aryl methyl sites for hydroxylation is 1. The number of hydrogen-bond donors (Lipinski definition) is 1. The molecule has 0 aromatic carbocycles. The molecule has 1 aliphatic heterocycles. The summed E-state index contributed by atoms with van der Waals surface area (Å²) in [4.78, 5) is 0. The van der Waals surface area contributed by atoms with Crippen LogP contribution in [0.3, 0.4) is 0 Å². The van der Waals surface area contributed by atoms with Crippen LogP contribution >= 0.6 is 0 Å². The Morgan fingerprint density at radius 2 is 2.64 bits per heavy atom. The molecule has 0 aliphatic carbocycles. The first-order valence-corrected chi connectivity index (χ1v) is 5.22. The first kappa shape index (κ1) is 9.52. The molecular weight excluding hydrogens is 178 g/mol. The second kappa shape index (κ2) is 4.46. The highest BCUT2D eigenvalue weighted by Crippen LogP contribution is 2.13. The summed E-state index contributed by atoms with van der Waals surface area (Å²) in [7, 11) is 0. The summed E-state index contributed by atoms with van der Waals surface area (Å²) in [6, 6.07) is 0. The predicted molar refractivity (Wildman–Crippen MR) is 55.3 cm³/mol. The summed E-state index contributed by atoms with van der Waals surface area (Å²) in [6.07, 6.45) is 5.09. The molecule has 0 saturated carbocycles. The Labute approximate surface area is 84.3 Å². The molecule has 2 heterocycles. The number of nitrogens with zero attached hydrogens (tertiary/aromatic N) is 2. The minimum atomic E-state index is 0.667. The van der Waals surface area contributed by atoms with E-state index in [0.29, 0.717) is 5.92 Å². The lowest BCUT2D eigenvalue weighted by Crippen LogP contribution is -2.13. The van der Waals surface area contributed by atoms with Crippen LogP contribution in [0.4, 0.5) is 5.69 Å². The van der Waals surface area contributed by atoms with Crippen LogP contribution in [0.25, 0.3) is 0 Å². The van der Waals surface area contributed by atoms with Crippen molar-refractivity contribution >= 4 is 5.69 Å². The number of aromatic nitrogens is 2. The SMILES string of the molecule is CCn1cc(NCC2CCOC2)cn1. The van der Waals surface area contributed by atoms with Crippen LogP contribution in [-0.2, 0) is 11.3 Å². The lowest BCUT2D eigenvalue weighted by molar-refractivity contribution is 0.187. The Hall–Kier alpha value is -1.03. The largest absolute Gasteiger partial charge is 0.382 e. The van der Waals surface area contributed by atoms with Crippen molar-refractivity contribution in [3.05, 3.63) is 12.4 Å². The molecule has 1 N–H and O–H groups in total. The minimum Gasteiger partial charge on any atom is -0.382 e. The standard InChI is InChI=1S/C10H17N3O/c1-2-13-7-10(6-12-13)11-5-9-3-4-14-8-9/h6-7,9,11H,2-5,8H2,1H3. The predicted octanol–water partition coefficient (Wildman–Crippen LogP) is 1.35. The van der Waals surface area contributed by atoms with Crippen LogP contribution in [0, 0.1) is 5.92 Å². The maximum atomic E-state index is 5.31. The van der Waals surface area contributed by atoms with E-state index >= 15 is 0 Å². The summed E-state index contributed by atoms with van der Waals surface area (Å²) in [6.45, 7) is 5.82. The van der Waals surface area contributed by atoms with E-state index in [9.17, 15) is 0 Å². The highest BCUT2D eigenvalue weighted by molar-refractivity contribution is 5.38. The molecule has 4 heteroatoms. The molecule has 14 heavy (non-hydrogen) atoms. The molecule has 1 aromatic rings. The van der Waals surface area contributed by atoms with Gasteiger partial charge in [0.25, 0.3) is 0 Å². The second-order valence-electron chi connectivity index (χ2n) is 3.70. The molecule has 1 aliphatic rings. The molecule has 78 valence electrons. The van der Waals surface area contributed by atoms with E-state index in [4.69, 9.17) is 4.74 Å². The van der Waals surface area contributed by atoms with Crippen LogP contribution in [0.2, 0.25) is 0 Å². The lowest BCUT2D eigenvalue weighted by Gasteiger charge is -2.07. The van der Waals surface area contributed by atoms with Gasteiger partial charge in [0, 0.05) is 31.8 Å². The maximum absolute atomic E-state index is 5.31. The molecule has 0 bridgehead atoms. The van der Waals surface area contributed by atoms with E-state index in [2.05, 4.69) is 17.3 Å². The van der Waals surface area contributed by atoms with Gasteiger partial charge in [0.1, 0.15) is 0 Å². The summed E-state index contributed by atoms with van der Waals surface area (Å²) < 4.78 is 7.24. The third-order valence-corrected chi connectivity index (χ3v) is 2.58. The van der Waals surface area contributed by atoms with Gasteiger partial charge in [0.05, 0.1) is 18.5 Å². The van der Waals surface area contributed by atoms with Gasteiger partial charge in [-0.25, -0.2) is 0 Å². The fourth-order valence-corrected chi connectivity index (χ4v) is 1.63. The van der Waals surface area contributed by atoms with Crippen molar-refractivity contribution in [1.29, 1.82) is 0 Å². The number of nitrogens with one attached hydrogen (secondary N) is 1. The molecule has 2 rings (SSSR count). The molecule has 1 unspecified atom stereocenters. The number of hydrogen-bond acceptors (Lipinski definition) is 3. The molecular formula is C10H17N3O. The summed E-state index contributed by atoms with van der Waals surface area (Å²) >= 11 is 0. The summed E-state index contributed by atoms with van der Waals surface area (Å²) in [5.41, 5.74) is 1.11.